The fraction of sp³-hybridized carbons (Fsp3) is 0.857. The topological polar surface area (TPSA) is 66.5 Å². The highest BCUT2D eigenvalue weighted by molar-refractivity contribution is 7.90. The van der Waals surface area contributed by atoms with Crippen LogP contribution in [0.5, 0.6) is 0 Å². The molecule has 1 aliphatic rings. The van der Waals surface area contributed by atoms with Crippen LogP contribution >= 0.6 is 0 Å². The van der Waals surface area contributed by atoms with Crippen LogP contribution in [0.3, 0.4) is 0 Å². The van der Waals surface area contributed by atoms with Crippen molar-refractivity contribution in [3.05, 3.63) is 0 Å². The molecule has 76 valence electrons. The summed E-state index contributed by atoms with van der Waals surface area (Å²) in [5.41, 5.74) is 0. The number of rotatable bonds is 3. The molecule has 5 nitrogen and oxygen atoms in total. The summed E-state index contributed by atoms with van der Waals surface area (Å²) in [4.78, 5) is 12.7. The molecule has 1 fully saturated rings. The summed E-state index contributed by atoms with van der Waals surface area (Å²) in [5.74, 6) is 0.0282. The molecule has 6 heteroatoms. The van der Waals surface area contributed by atoms with Crippen molar-refractivity contribution in [3.63, 3.8) is 0 Å². The first-order valence-electron chi connectivity index (χ1n) is 4.12. The minimum Gasteiger partial charge on any atom is -0.336 e. The molecule has 1 unspecified atom stereocenters. The van der Waals surface area contributed by atoms with E-state index >= 15 is 0 Å². The van der Waals surface area contributed by atoms with Gasteiger partial charge in [-0.15, -0.1) is 0 Å². The maximum absolute atomic E-state index is 11.1. The van der Waals surface area contributed by atoms with Gasteiger partial charge in [0, 0.05) is 25.4 Å². The Bertz CT molecular complexity index is 299. The molecule has 0 aliphatic carbocycles. The number of nitrogens with zero attached hydrogens (tertiary/aromatic N) is 1. The first kappa shape index (κ1) is 10.3. The van der Waals surface area contributed by atoms with E-state index in [0.717, 1.165) is 0 Å². The molecule has 0 aromatic heterocycles. The normalized spacial score (nSPS) is 20.2. The van der Waals surface area contributed by atoms with E-state index < -0.39 is 9.84 Å². The Kier molecular flexibility index (Phi) is 2.80. The fourth-order valence-electron chi connectivity index (χ4n) is 1.44. The Morgan fingerprint density at radius 3 is 2.62 bits per heavy atom. The molecule has 0 aromatic rings. The van der Waals surface area contributed by atoms with Crippen molar-refractivity contribution >= 4 is 15.9 Å². The lowest BCUT2D eigenvalue weighted by Crippen LogP contribution is -2.40. The summed E-state index contributed by atoms with van der Waals surface area (Å²) in [6.07, 6.45) is 1.18. The zero-order chi connectivity index (χ0) is 10.1. The van der Waals surface area contributed by atoms with Crippen LogP contribution in [0.25, 0.3) is 0 Å². The van der Waals surface area contributed by atoms with Gasteiger partial charge in [0.25, 0.3) is 0 Å². The number of carbonyl (C=O) groups is 1. The fourth-order valence-corrected chi connectivity index (χ4v) is 2.49. The Hall–Kier alpha value is -0.780. The van der Waals surface area contributed by atoms with Crippen molar-refractivity contribution in [1.82, 2.24) is 10.2 Å². The van der Waals surface area contributed by atoms with Crippen molar-refractivity contribution in [2.45, 2.75) is 13.0 Å². The second-order valence-electron chi connectivity index (χ2n) is 3.37. The Balaban J connectivity index is 2.57. The van der Waals surface area contributed by atoms with Crippen LogP contribution < -0.4 is 5.32 Å². The molecule has 1 heterocycles. The van der Waals surface area contributed by atoms with Gasteiger partial charge in [0.2, 0.25) is 0 Å². The molecule has 0 spiro atoms. The van der Waals surface area contributed by atoms with E-state index in [4.69, 9.17) is 0 Å². The number of amides is 2. The average molecular weight is 206 g/mol. The summed E-state index contributed by atoms with van der Waals surface area (Å²) >= 11 is 0. The van der Waals surface area contributed by atoms with Gasteiger partial charge >= 0.3 is 6.03 Å². The monoisotopic (exact) mass is 206 g/mol. The van der Waals surface area contributed by atoms with Crippen molar-refractivity contribution in [2.24, 2.45) is 0 Å². The van der Waals surface area contributed by atoms with Gasteiger partial charge in [0.05, 0.1) is 5.75 Å². The third-order valence-corrected chi connectivity index (χ3v) is 3.05. The predicted molar refractivity (Wildman–Crippen MR) is 49.3 cm³/mol. The zero-order valence-electron chi connectivity index (χ0n) is 7.78. The smallest absolute Gasteiger partial charge is 0.317 e. The van der Waals surface area contributed by atoms with Crippen molar-refractivity contribution in [1.29, 1.82) is 0 Å². The minimum absolute atomic E-state index is 0.0282. The molecule has 1 N–H and O–H groups in total. The van der Waals surface area contributed by atoms with Crippen LogP contribution in [0, 0.1) is 0 Å². The van der Waals surface area contributed by atoms with Gasteiger partial charge in [-0.2, -0.15) is 0 Å². The molecule has 2 amide bonds. The van der Waals surface area contributed by atoms with Crippen LogP contribution in [0.2, 0.25) is 0 Å². The van der Waals surface area contributed by atoms with Gasteiger partial charge < -0.3 is 10.2 Å². The molecule has 1 aliphatic heterocycles. The van der Waals surface area contributed by atoms with E-state index in [0.29, 0.717) is 13.1 Å². The van der Waals surface area contributed by atoms with Gasteiger partial charge in [0.1, 0.15) is 9.84 Å². The second kappa shape index (κ2) is 3.53. The lowest BCUT2D eigenvalue weighted by molar-refractivity contribution is 0.206. The molecule has 0 radical (unpaired) electrons. The number of hydrogen-bond donors (Lipinski definition) is 1. The average Bonchev–Trinajstić information content (AvgIpc) is 2.30. The van der Waals surface area contributed by atoms with Crippen LogP contribution in [0.1, 0.15) is 6.92 Å². The van der Waals surface area contributed by atoms with E-state index in [1.165, 1.54) is 6.26 Å². The summed E-state index contributed by atoms with van der Waals surface area (Å²) in [6, 6.07) is -0.409. The second-order valence-corrected chi connectivity index (χ2v) is 5.55. The van der Waals surface area contributed by atoms with E-state index in [1.54, 1.807) is 11.8 Å². The summed E-state index contributed by atoms with van der Waals surface area (Å²) < 4.78 is 21.9. The highest BCUT2D eigenvalue weighted by atomic mass is 32.2. The SMILES string of the molecule is CC(CS(C)(=O)=O)N1CCNC1=O. The van der Waals surface area contributed by atoms with E-state index in [1.807, 2.05) is 0 Å². The van der Waals surface area contributed by atoms with Gasteiger partial charge in [-0.25, -0.2) is 13.2 Å². The van der Waals surface area contributed by atoms with Crippen molar-refractivity contribution < 1.29 is 13.2 Å². The number of sulfone groups is 1. The molecule has 0 bridgehead atoms. The largest absolute Gasteiger partial charge is 0.336 e. The van der Waals surface area contributed by atoms with Crippen LogP contribution in [-0.4, -0.2) is 50.5 Å². The summed E-state index contributed by atoms with van der Waals surface area (Å²) in [5, 5.41) is 2.63. The highest BCUT2D eigenvalue weighted by Crippen LogP contribution is 2.05. The highest BCUT2D eigenvalue weighted by Gasteiger charge is 2.26. The molecule has 1 rings (SSSR count). The molecule has 1 saturated heterocycles. The number of carbonyl (C=O) groups excluding carboxylic acids is 1. The Morgan fingerprint density at radius 1 is 1.62 bits per heavy atom. The molecule has 13 heavy (non-hydrogen) atoms. The molecule has 0 saturated carbocycles. The third-order valence-electron chi connectivity index (χ3n) is 1.97. The van der Waals surface area contributed by atoms with Crippen LogP contribution in [0.15, 0.2) is 0 Å². The molecule has 1 atom stereocenters. The zero-order valence-corrected chi connectivity index (χ0v) is 8.60. The Labute approximate surface area is 78.0 Å². The van der Waals surface area contributed by atoms with Gasteiger partial charge in [-0.3, -0.25) is 0 Å². The van der Waals surface area contributed by atoms with E-state index in [-0.39, 0.29) is 17.8 Å². The van der Waals surface area contributed by atoms with Gasteiger partial charge in [-0.1, -0.05) is 0 Å². The van der Waals surface area contributed by atoms with E-state index in [9.17, 15) is 13.2 Å². The molecular weight excluding hydrogens is 192 g/mol. The van der Waals surface area contributed by atoms with Crippen molar-refractivity contribution in [3.8, 4) is 0 Å². The third kappa shape index (κ3) is 2.87. The molecule has 0 aromatic carbocycles. The first-order valence-corrected chi connectivity index (χ1v) is 6.18. The summed E-state index contributed by atoms with van der Waals surface area (Å²) in [6.45, 7) is 2.94. The quantitative estimate of drug-likeness (QED) is 0.673. The van der Waals surface area contributed by atoms with E-state index in [2.05, 4.69) is 5.32 Å². The lowest BCUT2D eigenvalue weighted by Gasteiger charge is -2.21. The van der Waals surface area contributed by atoms with Gasteiger partial charge in [-0.05, 0) is 6.92 Å². The van der Waals surface area contributed by atoms with Crippen LogP contribution in [-0.2, 0) is 9.84 Å². The van der Waals surface area contributed by atoms with Crippen LogP contribution in [0.4, 0.5) is 4.79 Å². The standard InChI is InChI=1S/C7H14N2O3S/c1-6(5-13(2,11)12)9-4-3-8-7(9)10/h6H,3-5H2,1-2H3,(H,8,10). The predicted octanol–water partition coefficient (Wildman–Crippen LogP) is -0.555. The first-order chi connectivity index (χ1) is 5.90. The minimum atomic E-state index is -3.01. The van der Waals surface area contributed by atoms with Crippen molar-refractivity contribution in [2.75, 3.05) is 25.1 Å². The Morgan fingerprint density at radius 2 is 2.23 bits per heavy atom. The maximum atomic E-state index is 11.1. The number of urea groups is 1. The maximum Gasteiger partial charge on any atom is 0.317 e. The molecular formula is C7H14N2O3S. The number of hydrogen-bond acceptors (Lipinski definition) is 3. The summed E-state index contributed by atoms with van der Waals surface area (Å²) in [7, 11) is -3.01. The number of nitrogens with one attached hydrogen (secondary N) is 1. The van der Waals surface area contributed by atoms with Gasteiger partial charge in [0.15, 0.2) is 0 Å². The lowest BCUT2D eigenvalue weighted by atomic mass is 10.3.